The summed E-state index contributed by atoms with van der Waals surface area (Å²) in [7, 11) is 4.11. The van der Waals surface area contributed by atoms with Crippen molar-refractivity contribution in [2.45, 2.75) is 19.6 Å². The zero-order valence-electron chi connectivity index (χ0n) is 13.2. The van der Waals surface area contributed by atoms with Crippen molar-refractivity contribution in [2.75, 3.05) is 14.1 Å². The highest BCUT2D eigenvalue weighted by Crippen LogP contribution is 2.26. The minimum Gasteiger partial charge on any atom is -0.481 e. The number of hydrogen-bond donors (Lipinski definition) is 1. The van der Waals surface area contributed by atoms with Crippen LogP contribution in [0, 0.1) is 0 Å². The Kier molecular flexibility index (Phi) is 5.17. The van der Waals surface area contributed by atoms with E-state index in [1.165, 1.54) is 11.1 Å². The van der Waals surface area contributed by atoms with E-state index in [0.29, 0.717) is 5.75 Å². The van der Waals surface area contributed by atoms with Crippen molar-refractivity contribution in [3.63, 3.8) is 0 Å². The number of nitrogens with zero attached hydrogens (tertiary/aromatic N) is 1. The van der Waals surface area contributed by atoms with E-state index < -0.39 is 12.0 Å². The Morgan fingerprint density at radius 3 is 2.36 bits per heavy atom. The third kappa shape index (κ3) is 4.09. The molecule has 22 heavy (non-hydrogen) atoms. The first-order valence-corrected chi connectivity index (χ1v) is 7.26. The third-order valence-corrected chi connectivity index (χ3v) is 3.38. The molecule has 2 aromatic rings. The van der Waals surface area contributed by atoms with Crippen LogP contribution in [0.1, 0.15) is 12.5 Å². The third-order valence-electron chi connectivity index (χ3n) is 3.38. The molecule has 0 aliphatic rings. The molecule has 116 valence electrons. The number of ether oxygens (including phenoxy) is 1. The minimum atomic E-state index is -0.633. The second kappa shape index (κ2) is 7.09. The van der Waals surface area contributed by atoms with Gasteiger partial charge in [-0.25, -0.2) is 0 Å². The summed E-state index contributed by atoms with van der Waals surface area (Å²) < 4.78 is 5.48. The van der Waals surface area contributed by atoms with Gasteiger partial charge in [0.15, 0.2) is 6.10 Å². The largest absolute Gasteiger partial charge is 0.481 e. The highest BCUT2D eigenvalue weighted by Gasteiger charge is 2.10. The Balaban J connectivity index is 2.22. The van der Waals surface area contributed by atoms with Crippen molar-refractivity contribution in [1.82, 2.24) is 4.90 Å². The van der Waals surface area contributed by atoms with E-state index in [4.69, 9.17) is 10.5 Å². The second-order valence-electron chi connectivity index (χ2n) is 5.58. The normalized spacial score (nSPS) is 12.2. The summed E-state index contributed by atoms with van der Waals surface area (Å²) in [4.78, 5) is 13.2. The predicted molar refractivity (Wildman–Crippen MR) is 88.6 cm³/mol. The summed E-state index contributed by atoms with van der Waals surface area (Å²) in [5.74, 6) is 0.167. The number of benzene rings is 2. The molecule has 1 amide bonds. The maximum atomic E-state index is 11.0. The van der Waals surface area contributed by atoms with Crippen LogP contribution < -0.4 is 10.5 Å². The Labute approximate surface area is 131 Å². The monoisotopic (exact) mass is 298 g/mol. The quantitative estimate of drug-likeness (QED) is 0.892. The van der Waals surface area contributed by atoms with E-state index in [2.05, 4.69) is 31.1 Å². The molecule has 0 aliphatic heterocycles. The van der Waals surface area contributed by atoms with Gasteiger partial charge in [0, 0.05) is 6.54 Å². The number of amides is 1. The van der Waals surface area contributed by atoms with Crippen LogP contribution in [0.15, 0.2) is 48.5 Å². The summed E-state index contributed by atoms with van der Waals surface area (Å²) in [6, 6.07) is 16.1. The molecule has 1 unspecified atom stereocenters. The maximum Gasteiger partial charge on any atom is 0.258 e. The molecule has 0 saturated carbocycles. The molecule has 0 heterocycles. The van der Waals surface area contributed by atoms with Crippen LogP contribution in [-0.2, 0) is 11.3 Å². The van der Waals surface area contributed by atoms with E-state index in [0.717, 1.165) is 12.1 Å². The van der Waals surface area contributed by atoms with Gasteiger partial charge in [-0.1, -0.05) is 36.4 Å². The van der Waals surface area contributed by atoms with Crippen molar-refractivity contribution in [3.05, 3.63) is 54.1 Å². The fraction of sp³-hybridized carbons (Fsp3) is 0.278. The lowest BCUT2D eigenvalue weighted by atomic mass is 9.99. The first-order valence-electron chi connectivity index (χ1n) is 7.26. The summed E-state index contributed by atoms with van der Waals surface area (Å²) in [6.07, 6.45) is -0.633. The highest BCUT2D eigenvalue weighted by molar-refractivity contribution is 5.78. The van der Waals surface area contributed by atoms with Gasteiger partial charge in [0.25, 0.3) is 5.91 Å². The SMILES string of the molecule is CC(Oc1ccc(-c2ccccc2CN(C)C)cc1)C(N)=O. The van der Waals surface area contributed by atoms with Gasteiger partial charge in [-0.3, -0.25) is 4.79 Å². The van der Waals surface area contributed by atoms with Gasteiger partial charge in [-0.15, -0.1) is 0 Å². The first-order chi connectivity index (χ1) is 10.5. The van der Waals surface area contributed by atoms with Crippen molar-refractivity contribution in [2.24, 2.45) is 5.73 Å². The van der Waals surface area contributed by atoms with Crippen molar-refractivity contribution < 1.29 is 9.53 Å². The zero-order valence-corrected chi connectivity index (χ0v) is 13.2. The molecular formula is C18H22N2O2. The van der Waals surface area contributed by atoms with Gasteiger partial charge >= 0.3 is 0 Å². The number of nitrogens with two attached hydrogens (primary N) is 1. The van der Waals surface area contributed by atoms with E-state index in [1.54, 1.807) is 6.92 Å². The van der Waals surface area contributed by atoms with E-state index in [9.17, 15) is 4.79 Å². The molecule has 1 atom stereocenters. The maximum absolute atomic E-state index is 11.0. The van der Waals surface area contributed by atoms with Crippen molar-refractivity contribution in [1.29, 1.82) is 0 Å². The lowest BCUT2D eigenvalue weighted by molar-refractivity contribution is -0.123. The van der Waals surface area contributed by atoms with Gasteiger partial charge < -0.3 is 15.4 Å². The molecule has 0 aromatic heterocycles. The molecule has 0 saturated heterocycles. The second-order valence-corrected chi connectivity index (χ2v) is 5.58. The molecular weight excluding hydrogens is 276 g/mol. The molecule has 0 fully saturated rings. The lowest BCUT2D eigenvalue weighted by Gasteiger charge is -2.15. The number of rotatable bonds is 6. The molecule has 2 N–H and O–H groups in total. The Morgan fingerprint density at radius 2 is 1.77 bits per heavy atom. The number of carbonyl (C=O) groups is 1. The topological polar surface area (TPSA) is 55.6 Å². The smallest absolute Gasteiger partial charge is 0.258 e. The van der Waals surface area contributed by atoms with Crippen LogP contribution in [0.5, 0.6) is 5.75 Å². The van der Waals surface area contributed by atoms with Crippen LogP contribution in [0.25, 0.3) is 11.1 Å². The van der Waals surface area contributed by atoms with Gasteiger partial charge in [-0.2, -0.15) is 0 Å². The average Bonchev–Trinajstić information content (AvgIpc) is 2.48. The Hall–Kier alpha value is -2.33. The Bertz CT molecular complexity index is 636. The van der Waals surface area contributed by atoms with E-state index in [1.807, 2.05) is 36.4 Å². The summed E-state index contributed by atoms with van der Waals surface area (Å²) in [5, 5.41) is 0. The molecule has 4 heteroatoms. The van der Waals surface area contributed by atoms with Crippen molar-refractivity contribution in [3.8, 4) is 16.9 Å². The van der Waals surface area contributed by atoms with Gasteiger partial charge in [0.05, 0.1) is 0 Å². The molecule has 0 radical (unpaired) electrons. The molecule has 0 aliphatic carbocycles. The van der Waals surface area contributed by atoms with E-state index >= 15 is 0 Å². The fourth-order valence-electron chi connectivity index (χ4n) is 2.26. The predicted octanol–water partition coefficient (Wildman–Crippen LogP) is 2.67. The van der Waals surface area contributed by atoms with Gasteiger partial charge in [0.1, 0.15) is 5.75 Å². The highest BCUT2D eigenvalue weighted by atomic mass is 16.5. The van der Waals surface area contributed by atoms with E-state index in [-0.39, 0.29) is 0 Å². The number of hydrogen-bond acceptors (Lipinski definition) is 3. The van der Waals surface area contributed by atoms with Crippen LogP contribution >= 0.6 is 0 Å². The zero-order chi connectivity index (χ0) is 16.1. The van der Waals surface area contributed by atoms with Crippen LogP contribution in [0.4, 0.5) is 0 Å². The molecule has 2 rings (SSSR count). The fourth-order valence-corrected chi connectivity index (χ4v) is 2.26. The first kappa shape index (κ1) is 16.0. The van der Waals surface area contributed by atoms with Crippen LogP contribution in [-0.4, -0.2) is 31.0 Å². The standard InChI is InChI=1S/C18H22N2O2/c1-13(18(19)21)22-16-10-8-14(9-11-16)17-7-5-4-6-15(17)12-20(2)3/h4-11,13H,12H2,1-3H3,(H2,19,21). The number of primary amides is 1. The lowest BCUT2D eigenvalue weighted by Crippen LogP contribution is -2.30. The minimum absolute atomic E-state index is 0.472. The van der Waals surface area contributed by atoms with Gasteiger partial charge in [0.2, 0.25) is 0 Å². The molecule has 0 spiro atoms. The van der Waals surface area contributed by atoms with Gasteiger partial charge in [-0.05, 0) is 49.8 Å². The number of carbonyl (C=O) groups excluding carboxylic acids is 1. The van der Waals surface area contributed by atoms with Crippen molar-refractivity contribution >= 4 is 5.91 Å². The molecule has 4 nitrogen and oxygen atoms in total. The molecule has 0 bridgehead atoms. The Morgan fingerprint density at radius 1 is 1.14 bits per heavy atom. The summed E-state index contributed by atoms with van der Waals surface area (Å²) >= 11 is 0. The summed E-state index contributed by atoms with van der Waals surface area (Å²) in [5.41, 5.74) is 8.79. The molecule has 2 aromatic carbocycles. The van der Waals surface area contributed by atoms with Crippen LogP contribution in [0.2, 0.25) is 0 Å². The average molecular weight is 298 g/mol. The van der Waals surface area contributed by atoms with Crippen LogP contribution in [0.3, 0.4) is 0 Å². The summed E-state index contributed by atoms with van der Waals surface area (Å²) in [6.45, 7) is 2.52.